The second-order valence-electron chi connectivity index (χ2n) is 5.28. The van der Waals surface area contributed by atoms with Crippen molar-refractivity contribution in [2.75, 3.05) is 17.6 Å². The molecule has 10 heteroatoms. The van der Waals surface area contributed by atoms with Gasteiger partial charge in [-0.25, -0.2) is 18.2 Å². The Morgan fingerprint density at radius 1 is 1.04 bits per heavy atom. The van der Waals surface area contributed by atoms with Crippen LogP contribution in [0.5, 0.6) is 0 Å². The summed E-state index contributed by atoms with van der Waals surface area (Å²) in [7, 11) is 0. The van der Waals surface area contributed by atoms with E-state index in [4.69, 9.17) is 4.42 Å². The smallest absolute Gasteiger partial charge is 0.257 e. The number of para-hydroxylation sites is 2. The molecule has 3 rings (SSSR count). The minimum atomic E-state index is -1.69. The van der Waals surface area contributed by atoms with E-state index in [-0.39, 0.29) is 5.75 Å². The molecule has 2 N–H and O–H groups in total. The lowest BCUT2D eigenvalue weighted by molar-refractivity contribution is -0.122. The van der Waals surface area contributed by atoms with Crippen molar-refractivity contribution in [2.45, 2.75) is 5.22 Å². The topological polar surface area (TPSA) is 84.2 Å². The number of carbonyl (C=O) groups excluding carboxylic acids is 2. The molecule has 0 radical (unpaired) electrons. The summed E-state index contributed by atoms with van der Waals surface area (Å²) in [6.07, 6.45) is 0. The average molecular weight is 395 g/mol. The number of carbonyl (C=O) groups is 2. The maximum absolute atomic E-state index is 13.5. The molecule has 0 unspecified atom stereocenters. The maximum Gasteiger partial charge on any atom is 0.257 e. The lowest BCUT2D eigenvalue weighted by Crippen LogP contribution is -2.34. The van der Waals surface area contributed by atoms with Gasteiger partial charge in [0.15, 0.2) is 23.0 Å². The fourth-order valence-corrected chi connectivity index (χ4v) is 2.76. The van der Waals surface area contributed by atoms with E-state index >= 15 is 0 Å². The van der Waals surface area contributed by atoms with Gasteiger partial charge in [-0.05, 0) is 24.3 Å². The number of nitrogens with zero attached hydrogens (tertiary/aromatic N) is 1. The van der Waals surface area contributed by atoms with Gasteiger partial charge < -0.3 is 15.1 Å². The molecule has 0 fully saturated rings. The highest BCUT2D eigenvalue weighted by molar-refractivity contribution is 7.99. The number of fused-ring (bicyclic) bond motifs is 1. The third-order valence-electron chi connectivity index (χ3n) is 3.36. The third-order valence-corrected chi connectivity index (χ3v) is 4.18. The predicted octanol–water partition coefficient (Wildman–Crippen LogP) is 3.09. The molecule has 0 aliphatic heterocycles. The van der Waals surface area contributed by atoms with Crippen LogP contribution in [0, 0.1) is 17.5 Å². The summed E-state index contributed by atoms with van der Waals surface area (Å²) in [6, 6.07) is 8.68. The van der Waals surface area contributed by atoms with Gasteiger partial charge in [0.25, 0.3) is 5.22 Å². The molecule has 1 aromatic heterocycles. The molecule has 27 heavy (non-hydrogen) atoms. The first-order valence-corrected chi connectivity index (χ1v) is 8.61. The van der Waals surface area contributed by atoms with E-state index in [2.05, 4.69) is 15.6 Å². The Kier molecular flexibility index (Phi) is 5.65. The van der Waals surface area contributed by atoms with Crippen LogP contribution in [0.25, 0.3) is 11.1 Å². The Balaban J connectivity index is 1.47. The highest BCUT2D eigenvalue weighted by atomic mass is 32.2. The zero-order chi connectivity index (χ0) is 19.4. The van der Waals surface area contributed by atoms with Gasteiger partial charge in [-0.1, -0.05) is 23.9 Å². The second kappa shape index (κ2) is 8.12. The first-order valence-electron chi connectivity index (χ1n) is 7.62. The first-order chi connectivity index (χ1) is 12.9. The van der Waals surface area contributed by atoms with Crippen molar-refractivity contribution in [3.63, 3.8) is 0 Å². The molecule has 0 aliphatic rings. The van der Waals surface area contributed by atoms with Crippen LogP contribution in [0.15, 0.2) is 46.0 Å². The van der Waals surface area contributed by atoms with Crippen molar-refractivity contribution < 1.29 is 27.2 Å². The Morgan fingerprint density at radius 2 is 1.81 bits per heavy atom. The third kappa shape index (κ3) is 4.59. The molecular formula is C17H12F3N3O3S. The SMILES string of the molecule is O=C(CSc1nc2ccccc2o1)NCC(=O)Nc1ccc(F)c(F)c1F. The Bertz CT molecular complexity index is 976. The number of rotatable bonds is 6. The summed E-state index contributed by atoms with van der Waals surface area (Å²) >= 11 is 1.04. The molecule has 2 aromatic carbocycles. The molecule has 0 aliphatic carbocycles. The zero-order valence-corrected chi connectivity index (χ0v) is 14.4. The van der Waals surface area contributed by atoms with Crippen molar-refractivity contribution in [1.29, 1.82) is 0 Å². The fraction of sp³-hybridized carbons (Fsp3) is 0.118. The molecule has 0 bridgehead atoms. The van der Waals surface area contributed by atoms with E-state index < -0.39 is 41.5 Å². The van der Waals surface area contributed by atoms with Gasteiger partial charge in [-0.3, -0.25) is 9.59 Å². The van der Waals surface area contributed by atoms with Crippen LogP contribution in [-0.4, -0.2) is 29.1 Å². The molecule has 0 spiro atoms. The molecule has 2 amide bonds. The van der Waals surface area contributed by atoms with Crippen LogP contribution >= 0.6 is 11.8 Å². The lowest BCUT2D eigenvalue weighted by atomic mass is 10.2. The summed E-state index contributed by atoms with van der Waals surface area (Å²) in [5.74, 6) is -5.90. The number of oxazole rings is 1. The fourth-order valence-electron chi connectivity index (χ4n) is 2.09. The van der Waals surface area contributed by atoms with E-state index in [0.29, 0.717) is 22.4 Å². The number of hydrogen-bond donors (Lipinski definition) is 2. The highest BCUT2D eigenvalue weighted by Crippen LogP contribution is 2.23. The lowest BCUT2D eigenvalue weighted by Gasteiger charge is -2.08. The summed E-state index contributed by atoms with van der Waals surface area (Å²) in [5, 5.41) is 4.68. The summed E-state index contributed by atoms with van der Waals surface area (Å²) in [6.45, 7) is -0.467. The molecule has 140 valence electrons. The molecule has 0 saturated carbocycles. The van der Waals surface area contributed by atoms with E-state index in [9.17, 15) is 22.8 Å². The number of benzene rings is 2. The molecule has 3 aromatic rings. The van der Waals surface area contributed by atoms with Crippen molar-refractivity contribution in [3.8, 4) is 0 Å². The summed E-state index contributed by atoms with van der Waals surface area (Å²) in [5.41, 5.74) is 0.732. The zero-order valence-electron chi connectivity index (χ0n) is 13.6. The van der Waals surface area contributed by atoms with Gasteiger partial charge in [0.1, 0.15) is 5.52 Å². The number of aromatic nitrogens is 1. The molecule has 0 saturated heterocycles. The monoisotopic (exact) mass is 395 g/mol. The van der Waals surface area contributed by atoms with E-state index in [1.165, 1.54) is 0 Å². The van der Waals surface area contributed by atoms with Crippen LogP contribution in [0.4, 0.5) is 18.9 Å². The molecule has 1 heterocycles. The number of anilines is 1. The van der Waals surface area contributed by atoms with Crippen molar-refractivity contribution in [3.05, 3.63) is 53.8 Å². The standard InChI is InChI=1S/C17H12F3N3O3S/c18-9-5-6-11(16(20)15(9)19)22-13(24)7-21-14(25)8-27-17-23-10-3-1-2-4-12(10)26-17/h1-6H,7-8H2,(H,21,25)(H,22,24). The number of nitrogens with one attached hydrogen (secondary N) is 2. The van der Waals surface area contributed by atoms with E-state index in [1.54, 1.807) is 24.3 Å². The highest BCUT2D eigenvalue weighted by Gasteiger charge is 2.16. The Morgan fingerprint density at radius 3 is 2.59 bits per heavy atom. The van der Waals surface area contributed by atoms with Gasteiger partial charge >= 0.3 is 0 Å². The van der Waals surface area contributed by atoms with Gasteiger partial charge in [0, 0.05) is 0 Å². The quantitative estimate of drug-likeness (QED) is 0.495. The largest absolute Gasteiger partial charge is 0.431 e. The van der Waals surface area contributed by atoms with Gasteiger partial charge in [-0.15, -0.1) is 0 Å². The van der Waals surface area contributed by atoms with Crippen LogP contribution < -0.4 is 10.6 Å². The van der Waals surface area contributed by atoms with Crippen LogP contribution in [0.2, 0.25) is 0 Å². The minimum absolute atomic E-state index is 0.0559. The van der Waals surface area contributed by atoms with Crippen molar-refractivity contribution in [2.24, 2.45) is 0 Å². The van der Waals surface area contributed by atoms with Crippen LogP contribution in [0.3, 0.4) is 0 Å². The number of amides is 2. The van der Waals surface area contributed by atoms with Crippen molar-refractivity contribution in [1.82, 2.24) is 10.3 Å². The van der Waals surface area contributed by atoms with Crippen molar-refractivity contribution >= 4 is 40.4 Å². The number of thioether (sulfide) groups is 1. The Hall–Kier alpha value is -3.01. The average Bonchev–Trinajstić information content (AvgIpc) is 3.08. The van der Waals surface area contributed by atoms with Crippen LogP contribution in [0.1, 0.15) is 0 Å². The number of halogens is 3. The normalized spacial score (nSPS) is 10.8. The van der Waals surface area contributed by atoms with Gasteiger partial charge in [0.2, 0.25) is 11.8 Å². The molecule has 0 atom stereocenters. The van der Waals surface area contributed by atoms with Gasteiger partial charge in [-0.2, -0.15) is 0 Å². The van der Waals surface area contributed by atoms with Crippen LogP contribution in [-0.2, 0) is 9.59 Å². The number of hydrogen-bond acceptors (Lipinski definition) is 5. The summed E-state index contributed by atoms with van der Waals surface area (Å²) < 4.78 is 44.9. The molecular weight excluding hydrogens is 383 g/mol. The minimum Gasteiger partial charge on any atom is -0.431 e. The molecule has 6 nitrogen and oxygen atoms in total. The van der Waals surface area contributed by atoms with Gasteiger partial charge in [0.05, 0.1) is 18.0 Å². The second-order valence-corrected chi connectivity index (χ2v) is 6.21. The van der Waals surface area contributed by atoms with E-state index in [1.807, 2.05) is 0 Å². The van der Waals surface area contributed by atoms with E-state index in [0.717, 1.165) is 17.8 Å². The summed E-state index contributed by atoms with van der Waals surface area (Å²) in [4.78, 5) is 27.7. The predicted molar refractivity (Wildman–Crippen MR) is 92.7 cm³/mol. The Labute approximate surface area is 155 Å². The maximum atomic E-state index is 13.5. The first kappa shape index (κ1) is 18.8.